The van der Waals surface area contributed by atoms with Gasteiger partial charge in [0.05, 0.1) is 0 Å². The van der Waals surface area contributed by atoms with Crippen LogP contribution in [0.1, 0.15) is 37.7 Å². The molecule has 9 heteroatoms. The molecule has 0 radical (unpaired) electrons. The highest BCUT2D eigenvalue weighted by Crippen LogP contribution is 2.33. The van der Waals surface area contributed by atoms with Gasteiger partial charge in [0.1, 0.15) is 17.9 Å². The first-order chi connectivity index (χ1) is 13.5. The van der Waals surface area contributed by atoms with Gasteiger partial charge in [-0.15, -0.1) is 5.10 Å². The van der Waals surface area contributed by atoms with Crippen molar-refractivity contribution in [3.8, 4) is 0 Å². The van der Waals surface area contributed by atoms with E-state index in [9.17, 15) is 9.59 Å². The van der Waals surface area contributed by atoms with Crippen molar-refractivity contribution in [3.63, 3.8) is 0 Å². The van der Waals surface area contributed by atoms with E-state index >= 15 is 0 Å². The number of H-pyrrole nitrogens is 1. The topological polar surface area (TPSA) is 113 Å². The van der Waals surface area contributed by atoms with Crippen LogP contribution in [0.5, 0.6) is 0 Å². The summed E-state index contributed by atoms with van der Waals surface area (Å²) in [5, 5.41) is 13.2. The minimum atomic E-state index is -1.32. The second-order valence-electron chi connectivity index (χ2n) is 7.15. The average Bonchev–Trinajstić information content (AvgIpc) is 3.16. The van der Waals surface area contributed by atoms with Crippen LogP contribution in [0.4, 0.5) is 5.13 Å². The highest BCUT2D eigenvalue weighted by molar-refractivity contribution is 7.73. The normalized spacial score (nSPS) is 18.0. The van der Waals surface area contributed by atoms with Gasteiger partial charge in [0.25, 0.3) is 0 Å². The number of anilines is 1. The Kier molecular flexibility index (Phi) is 6.93. The molecule has 0 aliphatic heterocycles. The minimum Gasteiger partial charge on any atom is -0.350 e. The molecule has 7 nitrogen and oxygen atoms in total. The number of rotatable bonds is 8. The Bertz CT molecular complexity index is 847. The summed E-state index contributed by atoms with van der Waals surface area (Å²) in [5.41, 5.74) is 6.23. The van der Waals surface area contributed by atoms with Crippen molar-refractivity contribution in [1.29, 1.82) is 0 Å². The third-order valence-electron chi connectivity index (χ3n) is 5.29. The number of hydrogen-bond donors (Lipinski definition) is 4. The van der Waals surface area contributed by atoms with E-state index in [-0.39, 0.29) is 11.8 Å². The van der Waals surface area contributed by atoms with Crippen molar-refractivity contribution >= 4 is 40.9 Å². The van der Waals surface area contributed by atoms with Crippen LogP contribution in [0.2, 0.25) is 0 Å². The lowest BCUT2D eigenvalue weighted by Gasteiger charge is -2.40. The van der Waals surface area contributed by atoms with Gasteiger partial charge in [-0.3, -0.25) is 9.89 Å². The molecule has 2 aromatic rings. The maximum atomic E-state index is 13.1. The van der Waals surface area contributed by atoms with E-state index in [4.69, 9.17) is 18.0 Å². The van der Waals surface area contributed by atoms with E-state index < -0.39 is 11.6 Å². The van der Waals surface area contributed by atoms with Crippen LogP contribution in [0.3, 0.4) is 0 Å². The third-order valence-corrected chi connectivity index (χ3v) is 6.31. The molecule has 0 saturated heterocycles. The number of aldehydes is 1. The highest BCUT2D eigenvalue weighted by Gasteiger charge is 2.46. The van der Waals surface area contributed by atoms with Crippen molar-refractivity contribution in [2.75, 3.05) is 5.32 Å². The monoisotopic (exact) mass is 419 g/mol. The fourth-order valence-electron chi connectivity index (χ4n) is 3.72. The zero-order chi connectivity index (χ0) is 20.0. The van der Waals surface area contributed by atoms with E-state index in [0.717, 1.165) is 44.0 Å². The molecule has 3 rings (SSSR count). The molecule has 1 heterocycles. The predicted octanol–water partition coefficient (Wildman–Crippen LogP) is 2.77. The minimum absolute atomic E-state index is 0.0642. The fraction of sp³-hybridized carbons (Fsp3) is 0.474. The first kappa shape index (κ1) is 20.6. The summed E-state index contributed by atoms with van der Waals surface area (Å²) in [7, 11) is 0. The van der Waals surface area contributed by atoms with Crippen molar-refractivity contribution in [2.24, 2.45) is 11.7 Å². The standard InChI is InChI=1S/C19H25N5O2S2/c20-19(12-25,14-9-5-2-6-10-14)15(22-17-23-24-18(27)28-17)16(26)21-11-13-7-3-1-4-8-13/h1,3-4,7-8,12,14-15H,2,5-6,9-11,20H2,(H,21,26)(H,22,23)(H,24,27). The molecule has 0 spiro atoms. The van der Waals surface area contributed by atoms with E-state index in [2.05, 4.69) is 20.8 Å². The SMILES string of the molecule is NC(C=O)(C1CCCCC1)C(Nc1n[nH]c(=S)s1)C(=O)NCc1ccccc1. The fourth-order valence-corrected chi connectivity index (χ4v) is 4.54. The number of aromatic amines is 1. The number of benzene rings is 1. The Hall–Kier alpha value is -2.10. The second-order valence-corrected chi connectivity index (χ2v) is 8.82. The molecular weight excluding hydrogens is 394 g/mol. The van der Waals surface area contributed by atoms with Crippen molar-refractivity contribution < 1.29 is 9.59 Å². The van der Waals surface area contributed by atoms with Crippen LogP contribution in [-0.2, 0) is 16.1 Å². The number of nitrogens with two attached hydrogens (primary N) is 1. The van der Waals surface area contributed by atoms with Gasteiger partial charge < -0.3 is 21.2 Å². The molecule has 1 amide bonds. The number of carbonyl (C=O) groups excluding carboxylic acids is 2. The Morgan fingerprint density at radius 3 is 2.68 bits per heavy atom. The highest BCUT2D eigenvalue weighted by atomic mass is 32.1. The van der Waals surface area contributed by atoms with Gasteiger partial charge in [0.2, 0.25) is 11.0 Å². The molecule has 150 valence electrons. The third kappa shape index (κ3) is 4.84. The van der Waals surface area contributed by atoms with Gasteiger partial charge in [0, 0.05) is 6.54 Å². The zero-order valence-electron chi connectivity index (χ0n) is 15.5. The molecule has 1 saturated carbocycles. The molecule has 1 fully saturated rings. The summed E-state index contributed by atoms with van der Waals surface area (Å²) in [6.07, 6.45) is 5.54. The first-order valence-electron chi connectivity index (χ1n) is 9.42. The number of hydrogen-bond acceptors (Lipinski definition) is 7. The van der Waals surface area contributed by atoms with Gasteiger partial charge in [-0.2, -0.15) is 0 Å². The molecule has 2 atom stereocenters. The van der Waals surface area contributed by atoms with E-state index in [1.807, 2.05) is 30.3 Å². The maximum absolute atomic E-state index is 13.1. The average molecular weight is 420 g/mol. The molecule has 0 bridgehead atoms. The lowest BCUT2D eigenvalue weighted by atomic mass is 9.71. The lowest BCUT2D eigenvalue weighted by Crippen LogP contribution is -2.65. The van der Waals surface area contributed by atoms with Crippen LogP contribution in [0, 0.1) is 9.87 Å². The summed E-state index contributed by atoms with van der Waals surface area (Å²) in [6.45, 7) is 0.355. The van der Waals surface area contributed by atoms with E-state index in [1.54, 1.807) is 0 Å². The smallest absolute Gasteiger partial charge is 0.245 e. The predicted molar refractivity (Wildman–Crippen MR) is 113 cm³/mol. The molecule has 5 N–H and O–H groups in total. The Labute approximate surface area is 173 Å². The van der Waals surface area contributed by atoms with E-state index in [0.29, 0.717) is 15.6 Å². The van der Waals surface area contributed by atoms with Crippen molar-refractivity contribution in [2.45, 2.75) is 50.2 Å². The number of nitrogens with one attached hydrogen (secondary N) is 3. The summed E-state index contributed by atoms with van der Waals surface area (Å²) >= 11 is 6.28. The number of amides is 1. The summed E-state index contributed by atoms with van der Waals surface area (Å²) < 4.78 is 0.484. The quantitative estimate of drug-likeness (QED) is 0.387. The first-order valence-corrected chi connectivity index (χ1v) is 10.6. The molecule has 2 unspecified atom stereocenters. The molecule has 1 aromatic carbocycles. The van der Waals surface area contributed by atoms with Gasteiger partial charge in [-0.05, 0) is 36.5 Å². The Balaban J connectivity index is 1.83. The maximum Gasteiger partial charge on any atom is 0.245 e. The summed E-state index contributed by atoms with van der Waals surface area (Å²) in [5.74, 6) is -0.393. The molecule has 1 aliphatic rings. The number of carbonyl (C=O) groups is 2. The number of aromatic nitrogens is 2. The van der Waals surface area contributed by atoms with Crippen LogP contribution in [0.25, 0.3) is 0 Å². The van der Waals surface area contributed by atoms with Gasteiger partial charge in [-0.25, -0.2) is 0 Å². The summed E-state index contributed by atoms with van der Waals surface area (Å²) in [6, 6.07) is 8.66. The summed E-state index contributed by atoms with van der Waals surface area (Å²) in [4.78, 5) is 25.3. The molecular formula is C19H25N5O2S2. The van der Waals surface area contributed by atoms with Crippen LogP contribution in [-0.4, -0.2) is 34.0 Å². The molecule has 1 aromatic heterocycles. The van der Waals surface area contributed by atoms with Crippen LogP contribution < -0.4 is 16.4 Å². The van der Waals surface area contributed by atoms with Crippen LogP contribution in [0.15, 0.2) is 30.3 Å². The second kappa shape index (κ2) is 9.40. The lowest BCUT2D eigenvalue weighted by molar-refractivity contribution is -0.128. The largest absolute Gasteiger partial charge is 0.350 e. The molecule has 28 heavy (non-hydrogen) atoms. The molecule has 1 aliphatic carbocycles. The van der Waals surface area contributed by atoms with Gasteiger partial charge in [-0.1, -0.05) is 60.9 Å². The Morgan fingerprint density at radius 1 is 1.36 bits per heavy atom. The van der Waals surface area contributed by atoms with E-state index in [1.165, 1.54) is 11.3 Å². The Morgan fingerprint density at radius 2 is 2.07 bits per heavy atom. The van der Waals surface area contributed by atoms with Crippen molar-refractivity contribution in [1.82, 2.24) is 15.5 Å². The van der Waals surface area contributed by atoms with Crippen LogP contribution >= 0.6 is 23.6 Å². The zero-order valence-corrected chi connectivity index (χ0v) is 17.2. The number of nitrogens with zero attached hydrogens (tertiary/aromatic N) is 1. The van der Waals surface area contributed by atoms with Gasteiger partial charge in [0.15, 0.2) is 3.95 Å². The van der Waals surface area contributed by atoms with Gasteiger partial charge >= 0.3 is 0 Å². The van der Waals surface area contributed by atoms with Crippen molar-refractivity contribution in [3.05, 3.63) is 39.8 Å².